The summed E-state index contributed by atoms with van der Waals surface area (Å²) in [6.07, 6.45) is 10.1. The topological polar surface area (TPSA) is 55.1 Å². The van der Waals surface area contributed by atoms with Gasteiger partial charge < -0.3 is 11.1 Å². The van der Waals surface area contributed by atoms with Crippen LogP contribution in [-0.2, 0) is 6.54 Å². The molecule has 0 atom stereocenters. The maximum absolute atomic E-state index is 11.3. The largest absolute Gasteiger partial charge is 0.397 e. The lowest BCUT2D eigenvalue weighted by atomic mass is 9.91. The number of unbranched alkanes of at least 4 members (excludes halogenated alkanes) is 1. The van der Waals surface area contributed by atoms with E-state index in [-0.39, 0.29) is 5.78 Å². The highest BCUT2D eigenvalue weighted by atomic mass is 79.9. The lowest BCUT2D eigenvalue weighted by molar-refractivity contribution is 0.101. The van der Waals surface area contributed by atoms with E-state index in [1.807, 2.05) is 42.5 Å². The van der Waals surface area contributed by atoms with Crippen molar-refractivity contribution in [1.82, 2.24) is 0 Å². The summed E-state index contributed by atoms with van der Waals surface area (Å²) in [5.41, 5.74) is 9.24. The van der Waals surface area contributed by atoms with Crippen LogP contribution in [0, 0.1) is 5.92 Å². The van der Waals surface area contributed by atoms with Crippen LogP contribution in [-0.4, -0.2) is 5.78 Å². The van der Waals surface area contributed by atoms with Crippen LogP contribution >= 0.6 is 15.9 Å². The van der Waals surface area contributed by atoms with Crippen molar-refractivity contribution in [2.75, 3.05) is 11.1 Å². The average Bonchev–Trinajstić information content (AvgIpc) is 2.76. The summed E-state index contributed by atoms with van der Waals surface area (Å²) in [6.45, 7) is 8.92. The Morgan fingerprint density at radius 3 is 2.27 bits per heavy atom. The number of nitrogens with one attached hydrogen (secondary N) is 1. The number of carbonyl (C=O) groups excluding carboxylic acids is 1. The molecule has 0 unspecified atom stereocenters. The highest BCUT2D eigenvalue weighted by Gasteiger charge is 2.06. The fraction of sp³-hybridized carbons (Fsp3) is 0.500. The monoisotopic (exact) mass is 474 g/mol. The van der Waals surface area contributed by atoms with Gasteiger partial charge in [-0.25, -0.2) is 0 Å². The minimum absolute atomic E-state index is 0.0730. The van der Waals surface area contributed by atoms with E-state index in [0.29, 0.717) is 12.2 Å². The van der Waals surface area contributed by atoms with Crippen molar-refractivity contribution in [1.29, 1.82) is 0 Å². The van der Waals surface area contributed by atoms with Crippen molar-refractivity contribution in [2.45, 2.75) is 79.2 Å². The van der Waals surface area contributed by atoms with Crippen LogP contribution in [0.2, 0.25) is 0 Å². The zero-order valence-electron chi connectivity index (χ0n) is 19.1. The summed E-state index contributed by atoms with van der Waals surface area (Å²) in [6, 6.07) is 13.3. The summed E-state index contributed by atoms with van der Waals surface area (Å²) in [7, 11) is 0. The average molecular weight is 476 g/mol. The Morgan fingerprint density at radius 1 is 1.07 bits per heavy atom. The number of halogens is 1. The Labute approximate surface area is 192 Å². The number of Topliss-reactive ketones (excluding diaryl/α,β-unsaturated/α-hetero) is 1. The van der Waals surface area contributed by atoms with E-state index < -0.39 is 0 Å². The summed E-state index contributed by atoms with van der Waals surface area (Å²) in [5, 5.41) is 3.27. The maximum atomic E-state index is 11.3. The molecule has 1 aliphatic carbocycles. The van der Waals surface area contributed by atoms with Crippen molar-refractivity contribution in [3.8, 4) is 0 Å². The lowest BCUT2D eigenvalue weighted by Gasteiger charge is -2.15. The molecule has 0 spiro atoms. The molecule has 0 amide bonds. The van der Waals surface area contributed by atoms with Gasteiger partial charge >= 0.3 is 0 Å². The van der Waals surface area contributed by atoms with Gasteiger partial charge in [0.25, 0.3) is 0 Å². The van der Waals surface area contributed by atoms with Gasteiger partial charge in [-0.1, -0.05) is 99.8 Å². The van der Waals surface area contributed by atoms with Gasteiger partial charge in [0, 0.05) is 16.6 Å². The number of nitrogens with two attached hydrogens (primary N) is 1. The van der Waals surface area contributed by atoms with Crippen molar-refractivity contribution < 1.29 is 4.79 Å². The zero-order valence-corrected chi connectivity index (χ0v) is 20.7. The molecule has 0 saturated heterocycles. The fourth-order valence-corrected chi connectivity index (χ4v) is 3.45. The molecule has 0 bridgehead atoms. The number of anilines is 2. The molecule has 0 heterocycles. The molecule has 2 aromatic rings. The number of hydrogen-bond donors (Lipinski definition) is 2. The smallest absolute Gasteiger partial charge is 0.159 e. The first kappa shape index (κ1) is 26.2. The van der Waals surface area contributed by atoms with Crippen LogP contribution in [0.4, 0.5) is 11.4 Å². The van der Waals surface area contributed by atoms with Gasteiger partial charge in [-0.2, -0.15) is 0 Å². The second-order valence-corrected chi connectivity index (χ2v) is 9.00. The number of nitrogen functional groups attached to an aromatic ring is 1. The SMILES string of the molecule is CC(=O)c1cccc(CNc2cc(Br)ccc2N)c1.CC1CCCCC1.CCCC. The minimum Gasteiger partial charge on any atom is -0.397 e. The van der Waals surface area contributed by atoms with Gasteiger partial charge in [0.1, 0.15) is 0 Å². The summed E-state index contributed by atoms with van der Waals surface area (Å²) >= 11 is 3.41. The van der Waals surface area contributed by atoms with E-state index in [1.165, 1.54) is 44.9 Å². The van der Waals surface area contributed by atoms with Crippen LogP contribution in [0.1, 0.15) is 88.6 Å². The van der Waals surface area contributed by atoms with E-state index in [9.17, 15) is 4.79 Å². The van der Waals surface area contributed by atoms with E-state index in [2.05, 4.69) is 42.0 Å². The Kier molecular flexibility index (Phi) is 13.2. The van der Waals surface area contributed by atoms with Crippen LogP contribution in [0.5, 0.6) is 0 Å². The van der Waals surface area contributed by atoms with Crippen LogP contribution < -0.4 is 11.1 Å². The third-order valence-corrected chi connectivity index (χ3v) is 5.72. The number of ketones is 1. The summed E-state index contributed by atoms with van der Waals surface area (Å²) in [5.74, 6) is 1.11. The van der Waals surface area contributed by atoms with Gasteiger partial charge in [-0.05, 0) is 42.7 Å². The molecule has 3 N–H and O–H groups in total. The van der Waals surface area contributed by atoms with Gasteiger partial charge in [0.15, 0.2) is 5.78 Å². The quantitative estimate of drug-likeness (QED) is 0.338. The molecular formula is C26H39BrN2O. The molecule has 1 saturated carbocycles. The van der Waals surface area contributed by atoms with Gasteiger partial charge in [0.05, 0.1) is 11.4 Å². The maximum Gasteiger partial charge on any atom is 0.159 e. The van der Waals surface area contributed by atoms with E-state index in [0.717, 1.165) is 27.2 Å². The molecule has 3 nitrogen and oxygen atoms in total. The zero-order chi connectivity index (χ0) is 22.4. The number of hydrogen-bond acceptors (Lipinski definition) is 3. The summed E-state index contributed by atoms with van der Waals surface area (Å²) < 4.78 is 0.974. The highest BCUT2D eigenvalue weighted by Crippen LogP contribution is 2.24. The van der Waals surface area contributed by atoms with Crippen molar-refractivity contribution in [3.05, 3.63) is 58.1 Å². The molecular weight excluding hydrogens is 436 g/mol. The van der Waals surface area contributed by atoms with E-state index >= 15 is 0 Å². The first-order chi connectivity index (χ1) is 14.4. The molecule has 4 heteroatoms. The molecule has 2 aromatic carbocycles. The Morgan fingerprint density at radius 2 is 1.73 bits per heavy atom. The molecule has 0 radical (unpaired) electrons. The molecule has 3 rings (SSSR count). The van der Waals surface area contributed by atoms with Crippen LogP contribution in [0.25, 0.3) is 0 Å². The second kappa shape index (κ2) is 15.1. The standard InChI is InChI=1S/C15H15BrN2O.C7H14.C4H10/c1-10(19)12-4-2-3-11(7-12)9-18-15-8-13(16)5-6-14(15)17;1-7-5-3-2-4-6-7;1-3-4-2/h2-8,18H,9,17H2,1H3;7H,2-6H2,1H3;3-4H2,1-2H3. The van der Waals surface area contributed by atoms with E-state index in [1.54, 1.807) is 6.92 Å². The number of carbonyl (C=O) groups is 1. The molecule has 1 fully saturated rings. The third kappa shape index (κ3) is 10.8. The second-order valence-electron chi connectivity index (χ2n) is 8.08. The van der Waals surface area contributed by atoms with Gasteiger partial charge in [0.2, 0.25) is 0 Å². The van der Waals surface area contributed by atoms with E-state index in [4.69, 9.17) is 5.73 Å². The third-order valence-electron chi connectivity index (χ3n) is 5.23. The molecule has 166 valence electrons. The van der Waals surface area contributed by atoms with Crippen molar-refractivity contribution >= 4 is 33.1 Å². The Hall–Kier alpha value is -1.81. The van der Waals surface area contributed by atoms with Gasteiger partial charge in [-0.3, -0.25) is 4.79 Å². The molecule has 30 heavy (non-hydrogen) atoms. The van der Waals surface area contributed by atoms with Crippen LogP contribution in [0.15, 0.2) is 46.9 Å². The summed E-state index contributed by atoms with van der Waals surface area (Å²) in [4.78, 5) is 11.3. The minimum atomic E-state index is 0.0730. The highest BCUT2D eigenvalue weighted by molar-refractivity contribution is 9.10. The molecule has 0 aliphatic heterocycles. The number of rotatable bonds is 5. The predicted octanol–water partition coefficient (Wildman–Crippen LogP) is 8.24. The molecule has 1 aliphatic rings. The first-order valence-corrected chi connectivity index (χ1v) is 12.0. The van der Waals surface area contributed by atoms with Crippen molar-refractivity contribution in [2.24, 2.45) is 5.92 Å². The lowest BCUT2D eigenvalue weighted by Crippen LogP contribution is -2.03. The first-order valence-electron chi connectivity index (χ1n) is 11.3. The normalized spacial score (nSPS) is 13.4. The Balaban J connectivity index is 0.000000336. The fourth-order valence-electron chi connectivity index (χ4n) is 3.09. The predicted molar refractivity (Wildman–Crippen MR) is 135 cm³/mol. The van der Waals surface area contributed by atoms with Crippen molar-refractivity contribution in [3.63, 3.8) is 0 Å². The van der Waals surface area contributed by atoms with Gasteiger partial charge in [-0.15, -0.1) is 0 Å². The number of benzene rings is 2. The Bertz CT molecular complexity index is 752. The molecule has 0 aromatic heterocycles. The van der Waals surface area contributed by atoms with Crippen LogP contribution in [0.3, 0.4) is 0 Å².